The van der Waals surface area contributed by atoms with Crippen LogP contribution in [0.4, 0.5) is 0 Å². The molecular formula is C13H19N5O. The van der Waals surface area contributed by atoms with Gasteiger partial charge in [-0.3, -0.25) is 9.58 Å². The highest BCUT2D eigenvalue weighted by Gasteiger charge is 2.21. The van der Waals surface area contributed by atoms with Crippen molar-refractivity contribution in [2.45, 2.75) is 19.2 Å². The first-order valence-electron chi connectivity index (χ1n) is 6.59. The molecule has 0 N–H and O–H groups in total. The number of ether oxygens (including phenoxy) is 1. The van der Waals surface area contributed by atoms with Gasteiger partial charge in [-0.15, -0.1) is 0 Å². The van der Waals surface area contributed by atoms with E-state index in [4.69, 9.17) is 4.74 Å². The number of aryl methyl sites for hydroxylation is 1. The zero-order chi connectivity index (χ0) is 13.1. The van der Waals surface area contributed by atoms with Gasteiger partial charge < -0.3 is 9.30 Å². The van der Waals surface area contributed by atoms with Crippen molar-refractivity contribution >= 4 is 0 Å². The number of hydrogen-bond donors (Lipinski definition) is 0. The van der Waals surface area contributed by atoms with E-state index < -0.39 is 0 Å². The van der Waals surface area contributed by atoms with Crippen LogP contribution in [0.25, 0.3) is 0 Å². The monoisotopic (exact) mass is 261 g/mol. The normalized spacial score (nSPS) is 20.8. The van der Waals surface area contributed by atoms with Crippen LogP contribution in [0.15, 0.2) is 30.9 Å². The molecule has 3 heterocycles. The number of nitrogens with zero attached hydrogens (tertiary/aromatic N) is 5. The van der Waals surface area contributed by atoms with Gasteiger partial charge in [0.1, 0.15) is 5.82 Å². The van der Waals surface area contributed by atoms with Crippen LogP contribution < -0.4 is 0 Å². The quantitative estimate of drug-likeness (QED) is 0.805. The molecule has 3 rings (SSSR count). The van der Waals surface area contributed by atoms with Gasteiger partial charge in [0, 0.05) is 44.9 Å². The summed E-state index contributed by atoms with van der Waals surface area (Å²) in [7, 11) is 2.03. The first-order chi connectivity index (χ1) is 9.31. The van der Waals surface area contributed by atoms with Gasteiger partial charge in [0.2, 0.25) is 0 Å². The summed E-state index contributed by atoms with van der Waals surface area (Å²) in [6, 6.07) is 1.94. The average molecular weight is 261 g/mol. The fraction of sp³-hybridized carbons (Fsp3) is 0.538. The molecule has 0 saturated carbocycles. The standard InChI is InChI=1S/C13H19N5O/c1-16-6-4-14-13(16)11-17-7-8-19-12(9-17)10-18-5-2-3-15-18/h2-6,12H,7-11H2,1H3/t12-/m0/s1. The maximum Gasteiger partial charge on any atom is 0.122 e. The Labute approximate surface area is 112 Å². The van der Waals surface area contributed by atoms with Gasteiger partial charge in [-0.25, -0.2) is 4.98 Å². The Morgan fingerprint density at radius 3 is 3.05 bits per heavy atom. The lowest BCUT2D eigenvalue weighted by molar-refractivity contribution is -0.0411. The molecule has 1 saturated heterocycles. The number of hydrogen-bond acceptors (Lipinski definition) is 4. The van der Waals surface area contributed by atoms with Crippen molar-refractivity contribution in [1.29, 1.82) is 0 Å². The highest BCUT2D eigenvalue weighted by atomic mass is 16.5. The van der Waals surface area contributed by atoms with E-state index in [1.54, 1.807) is 6.20 Å². The Hall–Kier alpha value is -1.66. The highest BCUT2D eigenvalue weighted by Crippen LogP contribution is 2.10. The van der Waals surface area contributed by atoms with E-state index in [1.807, 2.05) is 36.4 Å². The maximum atomic E-state index is 5.80. The summed E-state index contributed by atoms with van der Waals surface area (Å²) in [4.78, 5) is 6.76. The van der Waals surface area contributed by atoms with Crippen LogP contribution in [0, 0.1) is 0 Å². The fourth-order valence-corrected chi connectivity index (χ4v) is 2.40. The van der Waals surface area contributed by atoms with Crippen LogP contribution in [-0.2, 0) is 24.9 Å². The number of imidazole rings is 1. The van der Waals surface area contributed by atoms with Crippen molar-refractivity contribution in [2.75, 3.05) is 19.7 Å². The molecule has 0 unspecified atom stereocenters. The molecule has 0 bridgehead atoms. The van der Waals surface area contributed by atoms with Gasteiger partial charge in [-0.2, -0.15) is 5.10 Å². The second-order valence-corrected chi connectivity index (χ2v) is 4.91. The van der Waals surface area contributed by atoms with E-state index in [9.17, 15) is 0 Å². The van der Waals surface area contributed by atoms with Crippen molar-refractivity contribution in [3.05, 3.63) is 36.7 Å². The lowest BCUT2D eigenvalue weighted by Gasteiger charge is -2.32. The molecule has 0 aromatic carbocycles. The van der Waals surface area contributed by atoms with Crippen LogP contribution in [-0.4, -0.2) is 50.0 Å². The van der Waals surface area contributed by atoms with Crippen LogP contribution >= 0.6 is 0 Å². The van der Waals surface area contributed by atoms with Gasteiger partial charge in [0.25, 0.3) is 0 Å². The summed E-state index contributed by atoms with van der Waals surface area (Å²) in [6.07, 6.45) is 7.80. The molecule has 6 heteroatoms. The third-order valence-electron chi connectivity index (χ3n) is 3.46. The summed E-state index contributed by atoms with van der Waals surface area (Å²) >= 11 is 0. The van der Waals surface area contributed by atoms with Crippen LogP contribution in [0.2, 0.25) is 0 Å². The molecule has 19 heavy (non-hydrogen) atoms. The van der Waals surface area contributed by atoms with Gasteiger partial charge in [0.05, 0.1) is 25.8 Å². The van der Waals surface area contributed by atoms with E-state index in [1.165, 1.54) is 0 Å². The molecule has 1 aliphatic heterocycles. The molecule has 0 aliphatic carbocycles. The van der Waals surface area contributed by atoms with E-state index in [0.29, 0.717) is 0 Å². The number of rotatable bonds is 4. The summed E-state index contributed by atoms with van der Waals surface area (Å²) < 4.78 is 9.79. The zero-order valence-electron chi connectivity index (χ0n) is 11.1. The smallest absolute Gasteiger partial charge is 0.122 e. The van der Waals surface area contributed by atoms with Crippen LogP contribution in [0.1, 0.15) is 5.82 Å². The fourth-order valence-electron chi connectivity index (χ4n) is 2.40. The van der Waals surface area contributed by atoms with Gasteiger partial charge in [-0.1, -0.05) is 0 Å². The summed E-state index contributed by atoms with van der Waals surface area (Å²) in [5, 5.41) is 4.23. The second kappa shape index (κ2) is 5.54. The Balaban J connectivity index is 1.57. The Kier molecular flexibility index (Phi) is 3.61. The topological polar surface area (TPSA) is 48.1 Å². The molecule has 102 valence electrons. The average Bonchev–Trinajstić information content (AvgIpc) is 3.03. The molecule has 0 spiro atoms. The van der Waals surface area contributed by atoms with Crippen molar-refractivity contribution in [1.82, 2.24) is 24.2 Å². The zero-order valence-corrected chi connectivity index (χ0v) is 11.1. The summed E-state index contributed by atoms with van der Waals surface area (Å²) in [5.41, 5.74) is 0. The third kappa shape index (κ3) is 3.02. The minimum absolute atomic E-state index is 0.203. The minimum atomic E-state index is 0.203. The van der Waals surface area contributed by atoms with Crippen molar-refractivity contribution in [2.24, 2.45) is 7.05 Å². The summed E-state index contributed by atoms with van der Waals surface area (Å²) in [5.74, 6) is 1.10. The second-order valence-electron chi connectivity index (χ2n) is 4.91. The first-order valence-corrected chi connectivity index (χ1v) is 6.59. The van der Waals surface area contributed by atoms with Crippen molar-refractivity contribution in [3.63, 3.8) is 0 Å². The largest absolute Gasteiger partial charge is 0.374 e. The lowest BCUT2D eigenvalue weighted by atomic mass is 10.2. The molecule has 1 fully saturated rings. The Morgan fingerprint density at radius 2 is 2.32 bits per heavy atom. The van der Waals surface area contributed by atoms with E-state index in [-0.39, 0.29) is 6.10 Å². The SMILES string of the molecule is Cn1ccnc1CN1CCO[C@H](Cn2cccn2)C1. The van der Waals surface area contributed by atoms with E-state index >= 15 is 0 Å². The van der Waals surface area contributed by atoms with E-state index in [0.717, 1.165) is 38.6 Å². The molecule has 1 aliphatic rings. The molecule has 1 atom stereocenters. The molecule has 0 amide bonds. The first kappa shape index (κ1) is 12.4. The Morgan fingerprint density at radius 1 is 1.37 bits per heavy atom. The van der Waals surface area contributed by atoms with E-state index in [2.05, 4.69) is 19.5 Å². The van der Waals surface area contributed by atoms with Crippen LogP contribution in [0.3, 0.4) is 0 Å². The predicted octanol–water partition coefficient (Wildman–Crippen LogP) is 0.518. The minimum Gasteiger partial charge on any atom is -0.374 e. The molecule has 6 nitrogen and oxygen atoms in total. The highest BCUT2D eigenvalue weighted by molar-refractivity contribution is 4.91. The molecular weight excluding hydrogens is 242 g/mol. The Bertz CT molecular complexity index is 507. The summed E-state index contributed by atoms with van der Waals surface area (Å²) in [6.45, 7) is 4.35. The van der Waals surface area contributed by atoms with Gasteiger partial charge in [0.15, 0.2) is 0 Å². The molecule has 2 aromatic rings. The van der Waals surface area contributed by atoms with Gasteiger partial charge in [-0.05, 0) is 6.07 Å². The molecule has 0 radical (unpaired) electrons. The van der Waals surface area contributed by atoms with Gasteiger partial charge >= 0.3 is 0 Å². The number of aromatic nitrogens is 4. The predicted molar refractivity (Wildman–Crippen MR) is 70.5 cm³/mol. The maximum absolute atomic E-state index is 5.80. The van der Waals surface area contributed by atoms with Crippen molar-refractivity contribution in [3.8, 4) is 0 Å². The lowest BCUT2D eigenvalue weighted by Crippen LogP contribution is -2.44. The number of morpholine rings is 1. The van der Waals surface area contributed by atoms with Crippen molar-refractivity contribution < 1.29 is 4.74 Å². The van der Waals surface area contributed by atoms with Crippen LogP contribution in [0.5, 0.6) is 0 Å². The third-order valence-corrected chi connectivity index (χ3v) is 3.46. The molecule has 2 aromatic heterocycles.